The number of carbonyl (C=O) groups excluding carboxylic acids is 1. The lowest BCUT2D eigenvalue weighted by molar-refractivity contribution is -0.121. The Kier molecular flexibility index (Phi) is 4.48. The standard InChI is InChI=1S/C16H16FN3OS/c17-13-4-1-12(2-5-13)3-6-15(21)18-8-7-14-11-20-9-10-22-16(20)19-14/h1-2,4-5,9-11H,3,6-8H2,(H,18,21). The van der Waals surface area contributed by atoms with Crippen molar-refractivity contribution in [3.63, 3.8) is 0 Å². The molecule has 1 aromatic carbocycles. The number of nitrogens with zero attached hydrogens (tertiary/aromatic N) is 2. The van der Waals surface area contributed by atoms with Crippen molar-refractivity contribution in [3.8, 4) is 0 Å². The molecule has 0 fully saturated rings. The Bertz CT molecular complexity index is 735. The molecule has 0 saturated heterocycles. The molecule has 3 aromatic rings. The van der Waals surface area contributed by atoms with Gasteiger partial charge in [0.05, 0.1) is 5.69 Å². The largest absolute Gasteiger partial charge is 0.356 e. The molecule has 0 bridgehead atoms. The summed E-state index contributed by atoms with van der Waals surface area (Å²) in [5.74, 6) is -0.251. The molecular weight excluding hydrogens is 301 g/mol. The highest BCUT2D eigenvalue weighted by atomic mass is 32.1. The molecule has 0 aliphatic rings. The molecular formula is C16H16FN3OS. The van der Waals surface area contributed by atoms with E-state index in [0.29, 0.717) is 19.4 Å². The highest BCUT2D eigenvalue weighted by Gasteiger charge is 2.05. The fraction of sp³-hybridized carbons (Fsp3) is 0.250. The smallest absolute Gasteiger partial charge is 0.220 e. The van der Waals surface area contributed by atoms with Crippen LogP contribution >= 0.6 is 11.3 Å². The first-order valence-electron chi connectivity index (χ1n) is 7.13. The Balaban J connectivity index is 1.40. The van der Waals surface area contributed by atoms with Crippen LogP contribution in [0, 0.1) is 5.82 Å². The molecule has 6 heteroatoms. The summed E-state index contributed by atoms with van der Waals surface area (Å²) in [6, 6.07) is 6.25. The van der Waals surface area contributed by atoms with Crippen LogP contribution in [0.2, 0.25) is 0 Å². The molecule has 0 saturated carbocycles. The van der Waals surface area contributed by atoms with E-state index in [0.717, 1.165) is 22.6 Å². The summed E-state index contributed by atoms with van der Waals surface area (Å²) in [6.07, 6.45) is 5.70. The second-order valence-corrected chi connectivity index (χ2v) is 5.92. The number of thiazole rings is 1. The number of halogens is 1. The highest BCUT2D eigenvalue weighted by molar-refractivity contribution is 7.15. The molecule has 22 heavy (non-hydrogen) atoms. The van der Waals surface area contributed by atoms with Crippen LogP contribution in [0.3, 0.4) is 0 Å². The van der Waals surface area contributed by atoms with Crippen molar-refractivity contribution in [1.82, 2.24) is 14.7 Å². The molecule has 0 spiro atoms. The molecule has 1 N–H and O–H groups in total. The van der Waals surface area contributed by atoms with Crippen LogP contribution in [0.4, 0.5) is 4.39 Å². The number of imidazole rings is 1. The maximum atomic E-state index is 12.8. The van der Waals surface area contributed by atoms with Crippen LogP contribution in [0.15, 0.2) is 42.0 Å². The van der Waals surface area contributed by atoms with Gasteiger partial charge in [0.25, 0.3) is 0 Å². The molecule has 2 heterocycles. The summed E-state index contributed by atoms with van der Waals surface area (Å²) in [5.41, 5.74) is 1.94. The summed E-state index contributed by atoms with van der Waals surface area (Å²) in [4.78, 5) is 17.2. The van der Waals surface area contributed by atoms with Gasteiger partial charge in [0.15, 0.2) is 4.96 Å². The lowest BCUT2D eigenvalue weighted by Crippen LogP contribution is -2.25. The minimum Gasteiger partial charge on any atom is -0.356 e. The predicted octanol–water partition coefficient (Wildman–Crippen LogP) is 2.83. The summed E-state index contributed by atoms with van der Waals surface area (Å²) in [6.45, 7) is 0.576. The molecule has 0 unspecified atom stereocenters. The Morgan fingerprint density at radius 3 is 2.86 bits per heavy atom. The van der Waals surface area contributed by atoms with Crippen LogP contribution in [-0.4, -0.2) is 21.8 Å². The second kappa shape index (κ2) is 6.70. The number of rotatable bonds is 6. The van der Waals surface area contributed by atoms with E-state index in [2.05, 4.69) is 10.3 Å². The lowest BCUT2D eigenvalue weighted by atomic mass is 10.1. The van der Waals surface area contributed by atoms with Crippen LogP contribution in [0.1, 0.15) is 17.7 Å². The topological polar surface area (TPSA) is 46.4 Å². The summed E-state index contributed by atoms with van der Waals surface area (Å²) < 4.78 is 14.8. The number of hydrogen-bond acceptors (Lipinski definition) is 3. The Hall–Kier alpha value is -2.21. The van der Waals surface area contributed by atoms with E-state index in [1.807, 2.05) is 22.2 Å². The van der Waals surface area contributed by atoms with Gasteiger partial charge >= 0.3 is 0 Å². The van der Waals surface area contributed by atoms with Gasteiger partial charge in [0.1, 0.15) is 5.82 Å². The third-order valence-electron chi connectivity index (χ3n) is 3.40. The molecule has 0 aliphatic heterocycles. The van der Waals surface area contributed by atoms with Gasteiger partial charge in [0, 0.05) is 37.2 Å². The molecule has 4 nitrogen and oxygen atoms in total. The fourth-order valence-electron chi connectivity index (χ4n) is 2.22. The zero-order valence-electron chi connectivity index (χ0n) is 12.0. The molecule has 1 amide bonds. The number of nitrogens with one attached hydrogen (secondary N) is 1. The van der Waals surface area contributed by atoms with E-state index in [1.165, 1.54) is 12.1 Å². The van der Waals surface area contributed by atoms with E-state index in [9.17, 15) is 9.18 Å². The van der Waals surface area contributed by atoms with Gasteiger partial charge in [-0.25, -0.2) is 9.37 Å². The van der Waals surface area contributed by atoms with Crippen molar-refractivity contribution in [1.29, 1.82) is 0 Å². The van der Waals surface area contributed by atoms with E-state index >= 15 is 0 Å². The van der Waals surface area contributed by atoms with E-state index < -0.39 is 0 Å². The van der Waals surface area contributed by atoms with Crippen molar-refractivity contribution in [3.05, 3.63) is 59.1 Å². The molecule has 2 aromatic heterocycles. The summed E-state index contributed by atoms with van der Waals surface area (Å²) in [5, 5.41) is 4.88. The third kappa shape index (κ3) is 3.71. The third-order valence-corrected chi connectivity index (χ3v) is 4.17. The Labute approximate surface area is 131 Å². The van der Waals surface area contributed by atoms with Gasteiger partial charge in [-0.15, -0.1) is 11.3 Å². The zero-order chi connectivity index (χ0) is 15.4. The number of fused-ring (bicyclic) bond motifs is 1. The Morgan fingerprint density at radius 2 is 2.09 bits per heavy atom. The molecule has 0 atom stereocenters. The maximum Gasteiger partial charge on any atom is 0.220 e. The van der Waals surface area contributed by atoms with E-state index in [4.69, 9.17) is 0 Å². The van der Waals surface area contributed by atoms with Gasteiger partial charge < -0.3 is 5.32 Å². The van der Waals surface area contributed by atoms with E-state index in [-0.39, 0.29) is 11.7 Å². The lowest BCUT2D eigenvalue weighted by Gasteiger charge is -2.04. The number of amides is 1. The van der Waals surface area contributed by atoms with Crippen LogP contribution in [0.25, 0.3) is 4.96 Å². The van der Waals surface area contributed by atoms with Crippen molar-refractivity contribution in [2.75, 3.05) is 6.54 Å². The van der Waals surface area contributed by atoms with Crippen molar-refractivity contribution < 1.29 is 9.18 Å². The first-order valence-corrected chi connectivity index (χ1v) is 8.01. The number of benzene rings is 1. The van der Waals surface area contributed by atoms with Crippen LogP contribution in [-0.2, 0) is 17.6 Å². The van der Waals surface area contributed by atoms with E-state index in [1.54, 1.807) is 23.5 Å². The molecule has 0 radical (unpaired) electrons. The molecule has 0 aliphatic carbocycles. The van der Waals surface area contributed by atoms with Crippen molar-refractivity contribution >= 4 is 22.2 Å². The average molecular weight is 317 g/mol. The number of carbonyl (C=O) groups is 1. The molecule has 3 rings (SSSR count). The minimum atomic E-state index is -0.256. The number of aryl methyl sites for hydroxylation is 1. The van der Waals surface area contributed by atoms with Crippen molar-refractivity contribution in [2.45, 2.75) is 19.3 Å². The fourth-order valence-corrected chi connectivity index (χ4v) is 2.94. The first kappa shape index (κ1) is 14.7. The molecule has 114 valence electrons. The summed E-state index contributed by atoms with van der Waals surface area (Å²) >= 11 is 1.59. The van der Waals surface area contributed by atoms with Crippen LogP contribution < -0.4 is 5.32 Å². The van der Waals surface area contributed by atoms with Crippen molar-refractivity contribution in [2.24, 2.45) is 0 Å². The number of aromatic nitrogens is 2. The zero-order valence-corrected chi connectivity index (χ0v) is 12.8. The van der Waals surface area contributed by atoms with Gasteiger partial charge in [-0.05, 0) is 24.1 Å². The Morgan fingerprint density at radius 1 is 1.27 bits per heavy atom. The normalized spacial score (nSPS) is 11.0. The maximum absolute atomic E-state index is 12.8. The van der Waals surface area contributed by atoms with Gasteiger partial charge in [-0.3, -0.25) is 9.20 Å². The SMILES string of the molecule is O=C(CCc1ccc(F)cc1)NCCc1cn2ccsc2n1. The monoisotopic (exact) mass is 317 g/mol. The quantitative estimate of drug-likeness (QED) is 0.760. The second-order valence-electron chi connectivity index (χ2n) is 5.05. The first-order chi connectivity index (χ1) is 10.7. The van der Waals surface area contributed by atoms with Gasteiger partial charge in [0.2, 0.25) is 5.91 Å². The number of hydrogen-bond donors (Lipinski definition) is 1. The average Bonchev–Trinajstić information content (AvgIpc) is 3.08. The highest BCUT2D eigenvalue weighted by Crippen LogP contribution is 2.11. The van der Waals surface area contributed by atoms with Gasteiger partial charge in [-0.1, -0.05) is 12.1 Å². The van der Waals surface area contributed by atoms with Gasteiger partial charge in [-0.2, -0.15) is 0 Å². The minimum absolute atomic E-state index is 0.00495. The predicted molar refractivity (Wildman–Crippen MR) is 84.5 cm³/mol. The summed E-state index contributed by atoms with van der Waals surface area (Å²) in [7, 11) is 0. The van der Waals surface area contributed by atoms with Crippen LogP contribution in [0.5, 0.6) is 0 Å².